The van der Waals surface area contributed by atoms with Gasteiger partial charge in [-0.25, -0.2) is 0 Å². The molecule has 0 aliphatic heterocycles. The molecule has 0 N–H and O–H groups in total. The monoisotopic (exact) mass is 176 g/mol. The Kier molecular flexibility index (Phi) is 2.00. The molecule has 2 rings (SSSR count). The highest BCUT2D eigenvalue weighted by Crippen LogP contribution is 2.28. The second-order valence-electron chi connectivity index (χ2n) is 3.31. The molecule has 3 nitrogen and oxygen atoms in total. The van der Waals surface area contributed by atoms with Gasteiger partial charge in [0.05, 0.1) is 5.92 Å². The van der Waals surface area contributed by atoms with E-state index in [9.17, 15) is 0 Å². The molecule has 1 heterocycles. The average molecular weight is 176 g/mol. The Bertz CT molecular complexity index is 352. The van der Waals surface area contributed by atoms with Gasteiger partial charge in [0, 0.05) is 6.92 Å². The lowest BCUT2D eigenvalue weighted by Crippen LogP contribution is -2.07. The topological polar surface area (TPSA) is 38.9 Å². The van der Waals surface area contributed by atoms with Crippen LogP contribution in [0, 0.1) is 12.8 Å². The van der Waals surface area contributed by atoms with Gasteiger partial charge >= 0.3 is 0 Å². The number of rotatable bonds is 1. The lowest BCUT2D eigenvalue weighted by Gasteiger charge is -2.15. The summed E-state index contributed by atoms with van der Waals surface area (Å²) in [6, 6.07) is 0. The molecule has 2 unspecified atom stereocenters. The molecule has 1 aromatic heterocycles. The number of aromatic nitrogens is 2. The number of nitrogens with zero attached hydrogens (tertiary/aromatic N) is 2. The van der Waals surface area contributed by atoms with Gasteiger partial charge in [-0.3, -0.25) is 0 Å². The Morgan fingerprint density at radius 1 is 1.23 bits per heavy atom. The van der Waals surface area contributed by atoms with Gasteiger partial charge in [-0.05, 0) is 5.92 Å². The van der Waals surface area contributed by atoms with E-state index in [1.54, 1.807) is 0 Å². The third-order valence-corrected chi connectivity index (χ3v) is 2.24. The van der Waals surface area contributed by atoms with Crippen LogP contribution in [0.25, 0.3) is 0 Å². The maximum atomic E-state index is 5.39. The summed E-state index contributed by atoms with van der Waals surface area (Å²) in [5, 5.41) is 7.84. The van der Waals surface area contributed by atoms with E-state index >= 15 is 0 Å². The minimum atomic E-state index is 0.242. The Hall–Kier alpha value is -1.38. The van der Waals surface area contributed by atoms with Crippen LogP contribution in [0.5, 0.6) is 0 Å². The predicted molar refractivity (Wildman–Crippen MR) is 49.2 cm³/mol. The van der Waals surface area contributed by atoms with E-state index in [1.165, 1.54) is 0 Å². The van der Waals surface area contributed by atoms with Crippen LogP contribution in [0.15, 0.2) is 28.7 Å². The highest BCUT2D eigenvalue weighted by molar-refractivity contribution is 5.20. The standard InChI is InChI=1S/C10H12N2O/c1-7-5-3-4-6-9(7)10-12-11-8(2)13-10/h3-7,9H,1-2H3. The van der Waals surface area contributed by atoms with Crippen LogP contribution in [-0.2, 0) is 0 Å². The van der Waals surface area contributed by atoms with Gasteiger partial charge in [-0.1, -0.05) is 31.2 Å². The van der Waals surface area contributed by atoms with Crippen molar-refractivity contribution in [1.82, 2.24) is 10.2 Å². The molecular formula is C10H12N2O. The molecule has 0 amide bonds. The van der Waals surface area contributed by atoms with Crippen LogP contribution in [0.3, 0.4) is 0 Å². The van der Waals surface area contributed by atoms with Gasteiger partial charge in [-0.2, -0.15) is 0 Å². The zero-order valence-corrected chi connectivity index (χ0v) is 7.77. The summed E-state index contributed by atoms with van der Waals surface area (Å²) in [5.41, 5.74) is 0. The normalized spacial score (nSPS) is 26.6. The average Bonchev–Trinajstić information content (AvgIpc) is 2.53. The molecule has 0 fully saturated rings. The van der Waals surface area contributed by atoms with E-state index in [4.69, 9.17) is 4.42 Å². The maximum Gasteiger partial charge on any atom is 0.223 e. The first kappa shape index (κ1) is 8.23. The molecule has 3 heteroatoms. The fraction of sp³-hybridized carbons (Fsp3) is 0.400. The van der Waals surface area contributed by atoms with Crippen LogP contribution < -0.4 is 0 Å². The molecule has 0 radical (unpaired) electrons. The zero-order valence-electron chi connectivity index (χ0n) is 7.77. The van der Waals surface area contributed by atoms with E-state index in [1.807, 2.05) is 19.1 Å². The quantitative estimate of drug-likeness (QED) is 0.658. The highest BCUT2D eigenvalue weighted by Gasteiger charge is 2.21. The number of aryl methyl sites for hydroxylation is 1. The van der Waals surface area contributed by atoms with Crippen molar-refractivity contribution in [3.05, 3.63) is 36.1 Å². The van der Waals surface area contributed by atoms with Crippen molar-refractivity contribution in [2.75, 3.05) is 0 Å². The van der Waals surface area contributed by atoms with Crippen LogP contribution in [-0.4, -0.2) is 10.2 Å². The summed E-state index contributed by atoms with van der Waals surface area (Å²) in [4.78, 5) is 0. The van der Waals surface area contributed by atoms with E-state index in [0.29, 0.717) is 17.7 Å². The maximum absolute atomic E-state index is 5.39. The van der Waals surface area contributed by atoms with Crippen LogP contribution >= 0.6 is 0 Å². The summed E-state index contributed by atoms with van der Waals surface area (Å²) < 4.78 is 5.39. The first-order valence-electron chi connectivity index (χ1n) is 4.42. The summed E-state index contributed by atoms with van der Waals surface area (Å²) in [6.45, 7) is 3.95. The largest absolute Gasteiger partial charge is 0.425 e. The van der Waals surface area contributed by atoms with Crippen molar-refractivity contribution >= 4 is 0 Å². The molecule has 0 bridgehead atoms. The van der Waals surface area contributed by atoms with Crippen LogP contribution in [0.2, 0.25) is 0 Å². The Morgan fingerprint density at radius 2 is 2.00 bits per heavy atom. The first-order chi connectivity index (χ1) is 6.27. The minimum absolute atomic E-state index is 0.242. The molecule has 2 atom stereocenters. The Balaban J connectivity index is 2.26. The summed E-state index contributed by atoms with van der Waals surface area (Å²) in [5.74, 6) is 2.02. The van der Waals surface area contributed by atoms with Crippen LogP contribution in [0.4, 0.5) is 0 Å². The lowest BCUT2D eigenvalue weighted by atomic mass is 9.90. The first-order valence-corrected chi connectivity index (χ1v) is 4.42. The second-order valence-corrected chi connectivity index (χ2v) is 3.31. The van der Waals surface area contributed by atoms with Gasteiger partial charge in [0.1, 0.15) is 0 Å². The number of allylic oxidation sites excluding steroid dienone is 4. The van der Waals surface area contributed by atoms with Gasteiger partial charge in [0.15, 0.2) is 0 Å². The number of hydrogen-bond acceptors (Lipinski definition) is 3. The van der Waals surface area contributed by atoms with Crippen molar-refractivity contribution in [1.29, 1.82) is 0 Å². The Morgan fingerprint density at radius 3 is 2.62 bits per heavy atom. The fourth-order valence-electron chi connectivity index (χ4n) is 1.47. The number of hydrogen-bond donors (Lipinski definition) is 0. The van der Waals surface area contributed by atoms with Crippen molar-refractivity contribution in [2.24, 2.45) is 5.92 Å². The molecule has 0 aromatic carbocycles. The molecule has 1 aliphatic rings. The van der Waals surface area contributed by atoms with Gasteiger partial charge < -0.3 is 4.42 Å². The molecule has 1 aromatic rings. The third-order valence-electron chi connectivity index (χ3n) is 2.24. The third kappa shape index (κ3) is 1.54. The van der Waals surface area contributed by atoms with Gasteiger partial charge in [0.25, 0.3) is 0 Å². The van der Waals surface area contributed by atoms with Crippen molar-refractivity contribution < 1.29 is 4.42 Å². The van der Waals surface area contributed by atoms with E-state index in [2.05, 4.69) is 29.3 Å². The fourth-order valence-corrected chi connectivity index (χ4v) is 1.47. The summed E-state index contributed by atoms with van der Waals surface area (Å²) >= 11 is 0. The van der Waals surface area contributed by atoms with E-state index in [0.717, 1.165) is 0 Å². The molecule has 0 saturated carbocycles. The minimum Gasteiger partial charge on any atom is -0.425 e. The second kappa shape index (κ2) is 3.17. The SMILES string of the molecule is Cc1nnc(C2C=CC=CC2C)o1. The van der Waals surface area contributed by atoms with Crippen molar-refractivity contribution in [2.45, 2.75) is 19.8 Å². The van der Waals surface area contributed by atoms with Crippen molar-refractivity contribution in [3.63, 3.8) is 0 Å². The Labute approximate surface area is 77.2 Å². The molecule has 13 heavy (non-hydrogen) atoms. The molecule has 0 spiro atoms. The predicted octanol–water partition coefficient (Wildman–Crippen LogP) is 2.22. The van der Waals surface area contributed by atoms with Crippen LogP contribution in [0.1, 0.15) is 24.6 Å². The highest BCUT2D eigenvalue weighted by atomic mass is 16.4. The molecule has 68 valence electrons. The molecule has 1 aliphatic carbocycles. The smallest absolute Gasteiger partial charge is 0.223 e. The molecular weight excluding hydrogens is 164 g/mol. The van der Waals surface area contributed by atoms with Gasteiger partial charge in [0.2, 0.25) is 11.8 Å². The van der Waals surface area contributed by atoms with Gasteiger partial charge in [-0.15, -0.1) is 10.2 Å². The van der Waals surface area contributed by atoms with E-state index in [-0.39, 0.29) is 5.92 Å². The summed E-state index contributed by atoms with van der Waals surface area (Å²) in [6.07, 6.45) is 8.30. The molecule has 0 saturated heterocycles. The van der Waals surface area contributed by atoms with E-state index < -0.39 is 0 Å². The summed E-state index contributed by atoms with van der Waals surface area (Å²) in [7, 11) is 0. The zero-order chi connectivity index (χ0) is 9.26. The van der Waals surface area contributed by atoms with Crippen molar-refractivity contribution in [3.8, 4) is 0 Å². The lowest BCUT2D eigenvalue weighted by molar-refractivity contribution is 0.422.